The van der Waals surface area contributed by atoms with Gasteiger partial charge in [0.05, 0.1) is 12.0 Å². The monoisotopic (exact) mass is 310 g/mol. The highest BCUT2D eigenvalue weighted by atomic mass is 35.5. The first-order chi connectivity index (χ1) is 10.0. The van der Waals surface area contributed by atoms with Gasteiger partial charge in [0.15, 0.2) is 0 Å². The van der Waals surface area contributed by atoms with Crippen molar-refractivity contribution in [2.24, 2.45) is 5.92 Å². The number of hydrogen-bond acceptors (Lipinski definition) is 3. The van der Waals surface area contributed by atoms with E-state index in [0.29, 0.717) is 18.1 Å². The van der Waals surface area contributed by atoms with E-state index in [2.05, 4.69) is 5.32 Å². The second-order valence-corrected chi connectivity index (χ2v) is 5.64. The number of carbonyl (C=O) groups is 2. The highest BCUT2D eigenvalue weighted by molar-refractivity contribution is 6.30. The summed E-state index contributed by atoms with van der Waals surface area (Å²) < 4.78 is 5.40. The van der Waals surface area contributed by atoms with Gasteiger partial charge in [0, 0.05) is 38.7 Å². The first-order valence-electron chi connectivity index (χ1n) is 6.81. The first kappa shape index (κ1) is 15.8. The first-order valence-corrected chi connectivity index (χ1v) is 7.19. The molecule has 2 amide bonds. The fraction of sp³-hybridized carbons (Fsp3) is 0.467. The van der Waals surface area contributed by atoms with Crippen molar-refractivity contribution in [3.05, 3.63) is 34.9 Å². The lowest BCUT2D eigenvalue weighted by atomic mass is 10.1. The molecule has 1 heterocycles. The molecular weight excluding hydrogens is 292 g/mol. The zero-order valence-electron chi connectivity index (χ0n) is 12.1. The molecule has 0 aliphatic carbocycles. The third-order valence-corrected chi connectivity index (χ3v) is 3.91. The number of amides is 2. The highest BCUT2D eigenvalue weighted by Crippen LogP contribution is 2.20. The summed E-state index contributed by atoms with van der Waals surface area (Å²) in [5, 5.41) is 3.48. The molecule has 1 aliphatic heterocycles. The number of likely N-dealkylation sites (tertiary alicyclic amines) is 1. The molecule has 1 saturated heterocycles. The summed E-state index contributed by atoms with van der Waals surface area (Å²) in [4.78, 5) is 25.1. The predicted octanol–water partition coefficient (Wildman–Crippen LogP) is 1.62. The summed E-state index contributed by atoms with van der Waals surface area (Å²) in [7, 11) is 3.30. The van der Waals surface area contributed by atoms with Gasteiger partial charge in [-0.05, 0) is 17.7 Å². The third-order valence-electron chi connectivity index (χ3n) is 3.68. The van der Waals surface area contributed by atoms with Crippen LogP contribution in [0, 0.1) is 5.92 Å². The molecule has 0 bridgehead atoms. The maximum absolute atomic E-state index is 12.1. The van der Waals surface area contributed by atoms with Crippen LogP contribution in [0.5, 0.6) is 0 Å². The van der Waals surface area contributed by atoms with Crippen LogP contribution in [0.3, 0.4) is 0 Å². The van der Waals surface area contributed by atoms with Crippen LogP contribution in [0.2, 0.25) is 5.02 Å². The zero-order valence-corrected chi connectivity index (χ0v) is 12.9. The molecule has 1 fully saturated rings. The molecule has 0 radical (unpaired) electrons. The molecule has 2 rings (SSSR count). The molecule has 1 aromatic rings. The van der Waals surface area contributed by atoms with E-state index in [4.69, 9.17) is 16.3 Å². The van der Waals surface area contributed by atoms with Crippen molar-refractivity contribution >= 4 is 23.4 Å². The van der Waals surface area contributed by atoms with E-state index in [0.717, 1.165) is 5.56 Å². The number of nitrogens with zero attached hydrogens (tertiary/aromatic N) is 1. The molecule has 21 heavy (non-hydrogen) atoms. The van der Waals surface area contributed by atoms with E-state index in [1.54, 1.807) is 25.1 Å². The number of benzene rings is 1. The number of methoxy groups -OCH3 is 1. The number of rotatable bonds is 5. The van der Waals surface area contributed by atoms with Gasteiger partial charge in [0.1, 0.15) is 0 Å². The second-order valence-electron chi connectivity index (χ2n) is 5.20. The summed E-state index contributed by atoms with van der Waals surface area (Å²) >= 11 is 5.96. The van der Waals surface area contributed by atoms with E-state index in [9.17, 15) is 9.59 Å². The van der Waals surface area contributed by atoms with Crippen molar-refractivity contribution in [3.63, 3.8) is 0 Å². The molecule has 2 atom stereocenters. The van der Waals surface area contributed by atoms with Crippen molar-refractivity contribution in [2.75, 3.05) is 27.2 Å². The van der Waals surface area contributed by atoms with E-state index in [1.807, 2.05) is 18.2 Å². The Morgan fingerprint density at radius 3 is 2.90 bits per heavy atom. The van der Waals surface area contributed by atoms with Crippen LogP contribution in [-0.2, 0) is 14.3 Å². The second kappa shape index (κ2) is 6.91. The van der Waals surface area contributed by atoms with Gasteiger partial charge in [-0.1, -0.05) is 23.7 Å². The van der Waals surface area contributed by atoms with Crippen LogP contribution in [0.25, 0.3) is 0 Å². The Bertz CT molecular complexity index is 535. The van der Waals surface area contributed by atoms with Gasteiger partial charge < -0.3 is 15.0 Å². The van der Waals surface area contributed by atoms with Gasteiger partial charge in [0.2, 0.25) is 11.8 Å². The van der Waals surface area contributed by atoms with Gasteiger partial charge in [-0.15, -0.1) is 0 Å². The summed E-state index contributed by atoms with van der Waals surface area (Å²) in [5.41, 5.74) is 0.907. The number of carbonyl (C=O) groups excluding carboxylic acids is 2. The minimum absolute atomic E-state index is 0.00767. The molecular formula is C15H19ClN2O3. The van der Waals surface area contributed by atoms with Gasteiger partial charge in [-0.25, -0.2) is 0 Å². The molecule has 6 heteroatoms. The molecule has 1 N–H and O–H groups in total. The zero-order chi connectivity index (χ0) is 15.4. The number of nitrogens with one attached hydrogen (secondary N) is 1. The summed E-state index contributed by atoms with van der Waals surface area (Å²) in [5.74, 6) is -0.385. The average Bonchev–Trinajstić information content (AvgIpc) is 2.79. The Morgan fingerprint density at radius 2 is 2.33 bits per heavy atom. The maximum Gasteiger partial charge on any atom is 0.225 e. The molecule has 1 aromatic carbocycles. The topological polar surface area (TPSA) is 58.6 Å². The Balaban J connectivity index is 1.91. The lowest BCUT2D eigenvalue weighted by molar-refractivity contribution is -0.128. The largest absolute Gasteiger partial charge is 0.375 e. The van der Waals surface area contributed by atoms with Gasteiger partial charge in [-0.2, -0.15) is 0 Å². The molecule has 0 saturated carbocycles. The smallest absolute Gasteiger partial charge is 0.225 e. The maximum atomic E-state index is 12.1. The van der Waals surface area contributed by atoms with E-state index >= 15 is 0 Å². The minimum atomic E-state index is -0.278. The van der Waals surface area contributed by atoms with Crippen molar-refractivity contribution in [1.29, 1.82) is 0 Å². The quantitative estimate of drug-likeness (QED) is 0.899. The fourth-order valence-electron chi connectivity index (χ4n) is 2.42. The van der Waals surface area contributed by atoms with Crippen molar-refractivity contribution < 1.29 is 14.3 Å². The summed E-state index contributed by atoms with van der Waals surface area (Å²) in [6.45, 7) is 0.823. The molecule has 114 valence electrons. The van der Waals surface area contributed by atoms with E-state index in [1.165, 1.54) is 0 Å². The summed E-state index contributed by atoms with van der Waals surface area (Å²) in [6.07, 6.45) is 0.0134. The van der Waals surface area contributed by atoms with E-state index < -0.39 is 0 Å². The van der Waals surface area contributed by atoms with Crippen LogP contribution >= 0.6 is 11.6 Å². The van der Waals surface area contributed by atoms with Gasteiger partial charge in [-0.3, -0.25) is 9.59 Å². The van der Waals surface area contributed by atoms with E-state index in [-0.39, 0.29) is 30.3 Å². The lowest BCUT2D eigenvalue weighted by Gasteiger charge is -2.18. The molecule has 0 unspecified atom stereocenters. The highest BCUT2D eigenvalue weighted by Gasteiger charge is 2.32. The van der Waals surface area contributed by atoms with Gasteiger partial charge >= 0.3 is 0 Å². The normalized spacial score (nSPS) is 19.7. The van der Waals surface area contributed by atoms with Crippen LogP contribution in [-0.4, -0.2) is 44.0 Å². The van der Waals surface area contributed by atoms with Crippen LogP contribution in [0.4, 0.5) is 0 Å². The molecule has 0 aromatic heterocycles. The number of hydrogen-bond donors (Lipinski definition) is 1. The molecule has 1 aliphatic rings. The van der Waals surface area contributed by atoms with Crippen molar-refractivity contribution in [2.45, 2.75) is 12.5 Å². The number of halogens is 1. The SMILES string of the molecule is CO[C@@H](CNC(=O)[C@H]1CC(=O)N(C)C1)c1cccc(Cl)c1. The van der Waals surface area contributed by atoms with Crippen molar-refractivity contribution in [1.82, 2.24) is 10.2 Å². The van der Waals surface area contributed by atoms with Crippen LogP contribution < -0.4 is 5.32 Å². The Labute approximate surface area is 129 Å². The molecule has 0 spiro atoms. The Kier molecular flexibility index (Phi) is 5.20. The summed E-state index contributed by atoms with van der Waals surface area (Å²) in [6, 6.07) is 7.35. The minimum Gasteiger partial charge on any atom is -0.375 e. The fourth-order valence-corrected chi connectivity index (χ4v) is 2.62. The number of ether oxygens (including phenoxy) is 1. The lowest BCUT2D eigenvalue weighted by Crippen LogP contribution is -2.35. The van der Waals surface area contributed by atoms with Crippen molar-refractivity contribution in [3.8, 4) is 0 Å². The van der Waals surface area contributed by atoms with Gasteiger partial charge in [0.25, 0.3) is 0 Å². The standard InChI is InChI=1S/C15H19ClN2O3/c1-18-9-11(7-14(18)19)15(20)17-8-13(21-2)10-4-3-5-12(16)6-10/h3-6,11,13H,7-9H2,1-2H3,(H,17,20)/t11-,13-/m0/s1. The third kappa shape index (κ3) is 3.95. The predicted molar refractivity (Wildman–Crippen MR) is 80.0 cm³/mol. The Morgan fingerprint density at radius 1 is 1.57 bits per heavy atom. The Hall–Kier alpha value is -1.59. The molecule has 5 nitrogen and oxygen atoms in total. The van der Waals surface area contributed by atoms with Crippen LogP contribution in [0.1, 0.15) is 18.1 Å². The average molecular weight is 311 g/mol. The van der Waals surface area contributed by atoms with Crippen LogP contribution in [0.15, 0.2) is 24.3 Å².